The minimum atomic E-state index is 0.415. The maximum Gasteiger partial charge on any atom is 0.127 e. The van der Waals surface area contributed by atoms with Gasteiger partial charge in [0.15, 0.2) is 0 Å². The zero-order chi connectivity index (χ0) is 16.0. The fourth-order valence-electron chi connectivity index (χ4n) is 5.86. The maximum atomic E-state index is 5.44. The average Bonchev–Trinajstić information content (AvgIpc) is 2.91. The van der Waals surface area contributed by atoms with E-state index in [1.807, 2.05) is 6.08 Å². The Bertz CT molecular complexity index is 656. The monoisotopic (exact) mass is 307 g/mol. The topological polar surface area (TPSA) is 9.23 Å². The van der Waals surface area contributed by atoms with Crippen molar-refractivity contribution in [1.82, 2.24) is 0 Å². The molecule has 121 valence electrons. The fraction of sp³-hybridized carbons (Fsp3) is 0.545. The highest BCUT2D eigenvalue weighted by molar-refractivity contribution is 5.41. The third-order valence-corrected chi connectivity index (χ3v) is 7.02. The number of methoxy groups -OCH3 is 1. The molecule has 0 amide bonds. The zero-order valence-corrected chi connectivity index (χ0v) is 14.4. The summed E-state index contributed by atoms with van der Waals surface area (Å²) in [4.78, 5) is 0. The number of benzene rings is 1. The van der Waals surface area contributed by atoms with Gasteiger partial charge < -0.3 is 4.74 Å². The van der Waals surface area contributed by atoms with Crippen molar-refractivity contribution in [1.29, 1.82) is 0 Å². The number of hydrogen-bond donors (Lipinski definition) is 0. The SMILES string of the molecule is C=C/C=C1\CC[C@H]2[C@@H]3CCc4c[c]c(OC)cc4[C@H]3CC[C@]12C. The highest BCUT2D eigenvalue weighted by Gasteiger charge is 2.52. The van der Waals surface area contributed by atoms with Crippen LogP contribution in [0.3, 0.4) is 0 Å². The van der Waals surface area contributed by atoms with Gasteiger partial charge in [-0.25, -0.2) is 0 Å². The smallest absolute Gasteiger partial charge is 0.127 e. The van der Waals surface area contributed by atoms with Gasteiger partial charge in [-0.05, 0) is 85.0 Å². The van der Waals surface area contributed by atoms with Gasteiger partial charge in [0, 0.05) is 6.07 Å². The van der Waals surface area contributed by atoms with Crippen LogP contribution >= 0.6 is 0 Å². The van der Waals surface area contributed by atoms with E-state index in [0.717, 1.165) is 23.5 Å². The second kappa shape index (κ2) is 5.54. The van der Waals surface area contributed by atoms with E-state index < -0.39 is 0 Å². The molecule has 4 rings (SSSR count). The first-order chi connectivity index (χ1) is 11.2. The second-order valence-corrected chi connectivity index (χ2v) is 7.82. The molecule has 1 heteroatoms. The third kappa shape index (κ3) is 2.20. The molecule has 4 atom stereocenters. The Labute approximate surface area is 140 Å². The van der Waals surface area contributed by atoms with Crippen LogP contribution < -0.4 is 4.74 Å². The fourth-order valence-corrected chi connectivity index (χ4v) is 5.86. The highest BCUT2D eigenvalue weighted by atomic mass is 16.5. The lowest BCUT2D eigenvalue weighted by atomic mass is 9.55. The molecule has 0 aromatic heterocycles. The van der Waals surface area contributed by atoms with Crippen LogP contribution in [0.2, 0.25) is 0 Å². The lowest BCUT2D eigenvalue weighted by Crippen LogP contribution is -2.40. The predicted octanol–water partition coefficient (Wildman–Crippen LogP) is 5.46. The Kier molecular flexibility index (Phi) is 3.63. The normalized spacial score (nSPS) is 37.0. The van der Waals surface area contributed by atoms with Crippen molar-refractivity contribution in [2.24, 2.45) is 17.3 Å². The standard InChI is InChI=1S/C22H27O/c1-4-5-16-8-11-21-19-10-7-15-6-9-17(23-3)14-20(15)18(19)12-13-22(16,21)2/h4-6,14,18-19,21H,1,7-8,10-13H2,2-3H3/b16-5+/t18-,19+,21-,22+/m0/s1. The van der Waals surface area contributed by atoms with Gasteiger partial charge >= 0.3 is 0 Å². The van der Waals surface area contributed by atoms with Crippen molar-refractivity contribution < 1.29 is 4.74 Å². The van der Waals surface area contributed by atoms with E-state index in [0.29, 0.717) is 5.41 Å². The van der Waals surface area contributed by atoms with Gasteiger partial charge in [0.25, 0.3) is 0 Å². The van der Waals surface area contributed by atoms with E-state index in [4.69, 9.17) is 4.74 Å². The molecule has 0 spiro atoms. The first-order valence-electron chi connectivity index (χ1n) is 9.08. The summed E-state index contributed by atoms with van der Waals surface area (Å²) in [6.07, 6.45) is 12.1. The zero-order valence-electron chi connectivity index (χ0n) is 14.4. The summed E-state index contributed by atoms with van der Waals surface area (Å²) in [6.45, 7) is 6.45. The van der Waals surface area contributed by atoms with Crippen LogP contribution in [0.1, 0.15) is 56.1 Å². The molecule has 2 fully saturated rings. The highest BCUT2D eigenvalue weighted by Crippen LogP contribution is 2.62. The van der Waals surface area contributed by atoms with Gasteiger partial charge in [-0.3, -0.25) is 0 Å². The van der Waals surface area contributed by atoms with Crippen molar-refractivity contribution in [3.63, 3.8) is 0 Å². The quantitative estimate of drug-likeness (QED) is 0.704. The molecular formula is C22H27O. The Morgan fingerprint density at radius 1 is 1.30 bits per heavy atom. The number of fused-ring (bicyclic) bond motifs is 5. The van der Waals surface area contributed by atoms with Crippen molar-refractivity contribution >= 4 is 0 Å². The molecule has 0 aliphatic heterocycles. The van der Waals surface area contributed by atoms with E-state index in [2.05, 4.69) is 37.8 Å². The molecule has 1 radical (unpaired) electrons. The van der Waals surface area contributed by atoms with Crippen LogP contribution in [0.5, 0.6) is 5.75 Å². The first-order valence-corrected chi connectivity index (χ1v) is 9.08. The molecule has 1 aromatic carbocycles. The number of allylic oxidation sites excluding steroid dienone is 3. The number of hydrogen-bond acceptors (Lipinski definition) is 1. The summed E-state index contributed by atoms with van der Waals surface area (Å²) < 4.78 is 5.44. The Morgan fingerprint density at radius 2 is 2.17 bits per heavy atom. The van der Waals surface area contributed by atoms with Crippen molar-refractivity contribution in [2.75, 3.05) is 7.11 Å². The molecule has 3 aliphatic carbocycles. The molecule has 3 aliphatic rings. The van der Waals surface area contributed by atoms with Crippen LogP contribution in [0.4, 0.5) is 0 Å². The van der Waals surface area contributed by atoms with Gasteiger partial charge in [0.1, 0.15) is 5.75 Å². The van der Waals surface area contributed by atoms with E-state index in [9.17, 15) is 0 Å². The first kappa shape index (κ1) is 15.1. The minimum Gasteiger partial charge on any atom is -0.496 e. The van der Waals surface area contributed by atoms with E-state index >= 15 is 0 Å². The van der Waals surface area contributed by atoms with E-state index in [1.54, 1.807) is 18.2 Å². The molecule has 0 N–H and O–H groups in total. The summed E-state index contributed by atoms with van der Waals surface area (Å²) >= 11 is 0. The van der Waals surface area contributed by atoms with E-state index in [1.165, 1.54) is 44.1 Å². The largest absolute Gasteiger partial charge is 0.496 e. The molecule has 23 heavy (non-hydrogen) atoms. The molecule has 1 nitrogen and oxygen atoms in total. The Hall–Kier alpha value is -1.50. The summed E-state index contributed by atoms with van der Waals surface area (Å²) in [5.41, 5.74) is 5.13. The lowest BCUT2D eigenvalue weighted by molar-refractivity contribution is 0.0813. The predicted molar refractivity (Wildman–Crippen MR) is 94.7 cm³/mol. The van der Waals surface area contributed by atoms with Crippen LogP contribution in [-0.2, 0) is 6.42 Å². The van der Waals surface area contributed by atoms with Gasteiger partial charge in [-0.2, -0.15) is 0 Å². The molecule has 1 aromatic rings. The average molecular weight is 307 g/mol. The molecule has 0 bridgehead atoms. The summed E-state index contributed by atoms with van der Waals surface area (Å²) in [5, 5.41) is 0. The molecule has 0 saturated heterocycles. The Balaban J connectivity index is 1.70. The summed E-state index contributed by atoms with van der Waals surface area (Å²) in [6, 6.07) is 7.72. The number of aryl methyl sites for hydroxylation is 1. The second-order valence-electron chi connectivity index (χ2n) is 7.82. The minimum absolute atomic E-state index is 0.415. The molecule has 0 heterocycles. The van der Waals surface area contributed by atoms with Crippen LogP contribution in [0.15, 0.2) is 36.4 Å². The Morgan fingerprint density at radius 3 is 2.96 bits per heavy atom. The van der Waals surface area contributed by atoms with Gasteiger partial charge in [0.05, 0.1) is 7.11 Å². The van der Waals surface area contributed by atoms with Crippen LogP contribution in [0, 0.1) is 23.3 Å². The number of ether oxygens (including phenoxy) is 1. The molecule has 0 unspecified atom stereocenters. The maximum absolute atomic E-state index is 5.44. The summed E-state index contributed by atoms with van der Waals surface area (Å²) in [7, 11) is 1.75. The van der Waals surface area contributed by atoms with Gasteiger partial charge in [-0.15, -0.1) is 0 Å². The van der Waals surface area contributed by atoms with Crippen LogP contribution in [0.25, 0.3) is 0 Å². The van der Waals surface area contributed by atoms with Crippen molar-refractivity contribution in [2.45, 2.75) is 51.4 Å². The van der Waals surface area contributed by atoms with Crippen molar-refractivity contribution in [3.05, 3.63) is 53.6 Å². The van der Waals surface area contributed by atoms with Crippen LogP contribution in [-0.4, -0.2) is 7.11 Å². The third-order valence-electron chi connectivity index (χ3n) is 7.02. The van der Waals surface area contributed by atoms with Crippen molar-refractivity contribution in [3.8, 4) is 5.75 Å². The summed E-state index contributed by atoms with van der Waals surface area (Å²) in [5.74, 6) is 3.31. The van der Waals surface area contributed by atoms with Gasteiger partial charge in [0.2, 0.25) is 0 Å². The van der Waals surface area contributed by atoms with Gasteiger partial charge in [-0.1, -0.05) is 31.2 Å². The van der Waals surface area contributed by atoms with E-state index in [-0.39, 0.29) is 0 Å². The lowest BCUT2D eigenvalue weighted by Gasteiger charge is -2.49. The molecule has 2 saturated carbocycles. The molecular weight excluding hydrogens is 280 g/mol. The number of rotatable bonds is 2.